The summed E-state index contributed by atoms with van der Waals surface area (Å²) in [6.45, 7) is 4.46. The molecule has 0 aliphatic heterocycles. The predicted octanol–water partition coefficient (Wildman–Crippen LogP) is 9.48. The normalized spacial score (nSPS) is 10.6. The Kier molecular flexibility index (Phi) is 8.23. The summed E-state index contributed by atoms with van der Waals surface area (Å²) in [5.74, 6) is 13.7. The Bertz CT molecular complexity index is 1530. The average Bonchev–Trinajstić information content (AvgIpc) is 2.97. The van der Waals surface area contributed by atoms with Gasteiger partial charge in [0.15, 0.2) is 0 Å². The van der Waals surface area contributed by atoms with Gasteiger partial charge < -0.3 is 0 Å². The number of fused-ring (bicyclic) bond motifs is 2. The topological polar surface area (TPSA) is 0 Å². The summed E-state index contributed by atoms with van der Waals surface area (Å²) in [5.41, 5.74) is 6.93. The molecule has 0 nitrogen and oxygen atoms in total. The highest BCUT2D eigenvalue weighted by Crippen LogP contribution is 2.28. The van der Waals surface area contributed by atoms with Crippen molar-refractivity contribution in [2.24, 2.45) is 0 Å². The van der Waals surface area contributed by atoms with Gasteiger partial charge in [0.25, 0.3) is 0 Å². The first-order chi connectivity index (χ1) is 18.7. The maximum Gasteiger partial charge on any atom is 0.0328 e. The van der Waals surface area contributed by atoms with Crippen molar-refractivity contribution in [3.8, 4) is 23.7 Å². The Hall–Kier alpha value is -4.26. The molecule has 0 atom stereocenters. The van der Waals surface area contributed by atoms with Crippen LogP contribution in [0, 0.1) is 23.7 Å². The van der Waals surface area contributed by atoms with E-state index < -0.39 is 0 Å². The van der Waals surface area contributed by atoms with Gasteiger partial charge in [-0.05, 0) is 107 Å². The van der Waals surface area contributed by atoms with Gasteiger partial charge in [0.05, 0.1) is 0 Å². The van der Waals surface area contributed by atoms with Crippen LogP contribution >= 0.6 is 0 Å². The molecule has 5 aromatic rings. The predicted molar refractivity (Wildman–Crippen MR) is 164 cm³/mol. The number of benzene rings is 5. The van der Waals surface area contributed by atoms with E-state index in [1.165, 1.54) is 47.6 Å². The molecule has 38 heavy (non-hydrogen) atoms. The second-order valence-corrected chi connectivity index (χ2v) is 10.0. The van der Waals surface area contributed by atoms with Crippen molar-refractivity contribution in [1.82, 2.24) is 0 Å². The number of hydrogen-bond acceptors (Lipinski definition) is 0. The standard InChI is InChI=1S/C38H34/c1-3-5-9-29-13-17-31(18-14-29)21-23-33-25-26-34(24-22-32-19-15-30(16-20-32)10-6-4-2)38-28-36-12-8-7-11-35(36)27-37(33)38/h7-8,11-20,25-28H,3-6,9-10H2,1-2H3. The zero-order chi connectivity index (χ0) is 26.2. The summed E-state index contributed by atoms with van der Waals surface area (Å²) >= 11 is 0. The fraction of sp³-hybridized carbons (Fsp3) is 0.211. The lowest BCUT2D eigenvalue weighted by atomic mass is 9.95. The minimum atomic E-state index is 1.03. The van der Waals surface area contributed by atoms with Gasteiger partial charge in [-0.15, -0.1) is 0 Å². The van der Waals surface area contributed by atoms with Crippen molar-refractivity contribution in [2.75, 3.05) is 0 Å². The SMILES string of the molecule is CCCCc1ccc(C#Cc2ccc(C#Cc3ccc(CCCC)cc3)c3cc4ccccc4cc23)cc1. The van der Waals surface area contributed by atoms with Gasteiger partial charge in [0.1, 0.15) is 0 Å². The van der Waals surface area contributed by atoms with Crippen molar-refractivity contribution in [1.29, 1.82) is 0 Å². The first-order valence-electron chi connectivity index (χ1n) is 13.9. The van der Waals surface area contributed by atoms with E-state index in [2.05, 4.69) is 135 Å². The van der Waals surface area contributed by atoms with Gasteiger partial charge in [-0.25, -0.2) is 0 Å². The van der Waals surface area contributed by atoms with Crippen LogP contribution in [0.3, 0.4) is 0 Å². The maximum absolute atomic E-state index is 3.46. The summed E-state index contributed by atoms with van der Waals surface area (Å²) < 4.78 is 0. The van der Waals surface area contributed by atoms with E-state index in [-0.39, 0.29) is 0 Å². The lowest BCUT2D eigenvalue weighted by Crippen LogP contribution is -1.88. The highest BCUT2D eigenvalue weighted by atomic mass is 14.1. The molecule has 0 unspecified atom stereocenters. The van der Waals surface area contributed by atoms with Gasteiger partial charge in [0, 0.05) is 22.3 Å². The number of unbranched alkanes of at least 4 members (excludes halogenated alkanes) is 2. The molecule has 186 valence electrons. The number of rotatable bonds is 6. The Morgan fingerprint density at radius 3 is 1.29 bits per heavy atom. The number of hydrogen-bond donors (Lipinski definition) is 0. The molecule has 0 heterocycles. The first-order valence-corrected chi connectivity index (χ1v) is 13.9. The van der Waals surface area contributed by atoms with E-state index >= 15 is 0 Å². The van der Waals surface area contributed by atoms with Crippen LogP contribution in [-0.4, -0.2) is 0 Å². The summed E-state index contributed by atoms with van der Waals surface area (Å²) in [7, 11) is 0. The molecule has 0 saturated carbocycles. The Balaban J connectivity index is 1.51. The van der Waals surface area contributed by atoms with Gasteiger partial charge in [0.2, 0.25) is 0 Å². The van der Waals surface area contributed by atoms with Gasteiger partial charge in [-0.3, -0.25) is 0 Å². The summed E-state index contributed by atoms with van der Waals surface area (Å²) in [4.78, 5) is 0. The van der Waals surface area contributed by atoms with Crippen LogP contribution in [0.1, 0.15) is 72.9 Å². The summed E-state index contributed by atoms with van der Waals surface area (Å²) in [6, 6.07) is 34.7. The van der Waals surface area contributed by atoms with Crippen molar-refractivity contribution in [2.45, 2.75) is 52.4 Å². The molecule has 0 fully saturated rings. The largest absolute Gasteiger partial charge is 0.0654 e. The van der Waals surface area contributed by atoms with Crippen LogP contribution in [0.2, 0.25) is 0 Å². The lowest BCUT2D eigenvalue weighted by molar-refractivity contribution is 0.795. The van der Waals surface area contributed by atoms with Crippen LogP contribution in [-0.2, 0) is 12.8 Å². The molecule has 5 rings (SSSR count). The second-order valence-electron chi connectivity index (χ2n) is 10.0. The zero-order valence-electron chi connectivity index (χ0n) is 22.5. The second kappa shape index (κ2) is 12.3. The molecule has 0 bridgehead atoms. The average molecular weight is 491 g/mol. The number of aryl methyl sites for hydroxylation is 2. The van der Waals surface area contributed by atoms with E-state index in [0.29, 0.717) is 0 Å². The molecule has 0 saturated heterocycles. The van der Waals surface area contributed by atoms with E-state index in [0.717, 1.165) is 45.9 Å². The van der Waals surface area contributed by atoms with Crippen molar-refractivity contribution < 1.29 is 0 Å². The lowest BCUT2D eigenvalue weighted by Gasteiger charge is -2.07. The molecular formula is C38H34. The van der Waals surface area contributed by atoms with Crippen LogP contribution in [0.5, 0.6) is 0 Å². The van der Waals surface area contributed by atoms with Crippen LogP contribution in [0.4, 0.5) is 0 Å². The summed E-state index contributed by atoms with van der Waals surface area (Å²) in [5, 5.41) is 4.74. The fourth-order valence-corrected chi connectivity index (χ4v) is 4.80. The third-order valence-corrected chi connectivity index (χ3v) is 7.11. The van der Waals surface area contributed by atoms with Crippen molar-refractivity contribution >= 4 is 21.5 Å². The van der Waals surface area contributed by atoms with Crippen molar-refractivity contribution in [3.05, 3.63) is 130 Å². The molecule has 5 aromatic carbocycles. The molecule has 0 heteroatoms. The first kappa shape index (κ1) is 25.4. The molecule has 0 aliphatic carbocycles. The van der Waals surface area contributed by atoms with Crippen LogP contribution < -0.4 is 0 Å². The van der Waals surface area contributed by atoms with Crippen LogP contribution in [0.25, 0.3) is 21.5 Å². The molecule has 0 aliphatic rings. The van der Waals surface area contributed by atoms with E-state index in [1.54, 1.807) is 0 Å². The molecule has 0 radical (unpaired) electrons. The minimum Gasteiger partial charge on any atom is -0.0654 e. The Morgan fingerprint density at radius 1 is 0.474 bits per heavy atom. The molecular weight excluding hydrogens is 456 g/mol. The summed E-state index contributed by atoms with van der Waals surface area (Å²) in [6.07, 6.45) is 7.15. The van der Waals surface area contributed by atoms with E-state index in [9.17, 15) is 0 Å². The molecule has 0 amide bonds. The Morgan fingerprint density at radius 2 is 0.895 bits per heavy atom. The van der Waals surface area contributed by atoms with Gasteiger partial charge in [-0.1, -0.05) is 98.9 Å². The van der Waals surface area contributed by atoms with Gasteiger partial charge in [-0.2, -0.15) is 0 Å². The van der Waals surface area contributed by atoms with Gasteiger partial charge >= 0.3 is 0 Å². The van der Waals surface area contributed by atoms with Crippen LogP contribution in [0.15, 0.2) is 97.1 Å². The smallest absolute Gasteiger partial charge is 0.0328 e. The third kappa shape index (κ3) is 6.17. The molecule has 0 spiro atoms. The quantitative estimate of drug-likeness (QED) is 0.164. The highest BCUT2D eigenvalue weighted by Gasteiger charge is 2.06. The third-order valence-electron chi connectivity index (χ3n) is 7.11. The molecule has 0 N–H and O–H groups in total. The monoisotopic (exact) mass is 490 g/mol. The van der Waals surface area contributed by atoms with E-state index in [4.69, 9.17) is 0 Å². The highest BCUT2D eigenvalue weighted by molar-refractivity contribution is 6.03. The fourth-order valence-electron chi connectivity index (χ4n) is 4.80. The zero-order valence-corrected chi connectivity index (χ0v) is 22.5. The van der Waals surface area contributed by atoms with E-state index in [1.807, 2.05) is 0 Å². The minimum absolute atomic E-state index is 1.03. The Labute approximate surface area is 227 Å². The van der Waals surface area contributed by atoms with Crippen molar-refractivity contribution in [3.63, 3.8) is 0 Å². The maximum atomic E-state index is 3.46. The molecule has 0 aromatic heterocycles.